The maximum atomic E-state index is 12.0. The molecule has 0 bridgehead atoms. The zero-order chi connectivity index (χ0) is 15.0. The molecule has 0 saturated heterocycles. The van der Waals surface area contributed by atoms with Crippen LogP contribution >= 0.6 is 0 Å². The van der Waals surface area contributed by atoms with Gasteiger partial charge in [0, 0.05) is 18.3 Å². The minimum atomic E-state index is -0.126. The monoisotopic (exact) mass is 278 g/mol. The third-order valence-corrected chi connectivity index (χ3v) is 3.14. The molecule has 0 radical (unpaired) electrons. The van der Waals surface area contributed by atoms with Crippen molar-refractivity contribution in [3.05, 3.63) is 17.5 Å². The van der Waals surface area contributed by atoms with Crippen molar-refractivity contribution < 1.29 is 4.79 Å². The van der Waals surface area contributed by atoms with Crippen LogP contribution in [0.4, 0.5) is 5.95 Å². The normalized spacial score (nSPS) is 12.0. The fourth-order valence-corrected chi connectivity index (χ4v) is 1.74. The Morgan fingerprint density at radius 2 is 2.05 bits per heavy atom. The number of carbonyl (C=O) groups is 1. The first-order valence-corrected chi connectivity index (χ1v) is 7.47. The van der Waals surface area contributed by atoms with Crippen LogP contribution in [0, 0.1) is 6.92 Å². The zero-order valence-electron chi connectivity index (χ0n) is 13.0. The molecule has 0 saturated carbocycles. The summed E-state index contributed by atoms with van der Waals surface area (Å²) in [4.78, 5) is 20.6. The summed E-state index contributed by atoms with van der Waals surface area (Å²) < 4.78 is 0. The van der Waals surface area contributed by atoms with Crippen LogP contribution in [0.1, 0.15) is 62.6 Å². The van der Waals surface area contributed by atoms with E-state index in [4.69, 9.17) is 0 Å². The lowest BCUT2D eigenvalue weighted by Gasteiger charge is -2.12. The van der Waals surface area contributed by atoms with Crippen LogP contribution in [0.2, 0.25) is 0 Å². The van der Waals surface area contributed by atoms with Gasteiger partial charge in [0.25, 0.3) is 5.91 Å². The van der Waals surface area contributed by atoms with Gasteiger partial charge in [0.15, 0.2) is 0 Å². The molecular formula is C15H26N4O. The number of nitrogens with one attached hydrogen (secondary N) is 2. The van der Waals surface area contributed by atoms with E-state index in [-0.39, 0.29) is 11.9 Å². The fourth-order valence-electron chi connectivity index (χ4n) is 1.74. The van der Waals surface area contributed by atoms with E-state index in [0.717, 1.165) is 31.4 Å². The number of hydrogen-bond donors (Lipinski definition) is 2. The summed E-state index contributed by atoms with van der Waals surface area (Å²) in [5.41, 5.74) is 1.23. The molecule has 0 aliphatic rings. The number of unbranched alkanes of at least 4 members (excludes halogenated alkanes) is 2. The third kappa shape index (κ3) is 5.55. The van der Waals surface area contributed by atoms with Gasteiger partial charge in [-0.25, -0.2) is 9.97 Å². The number of aryl methyl sites for hydroxylation is 1. The number of amides is 1. The Kier molecular flexibility index (Phi) is 6.98. The molecule has 0 aliphatic heterocycles. The highest BCUT2D eigenvalue weighted by Gasteiger charge is 2.11. The molecule has 1 rings (SSSR count). The molecule has 1 aromatic rings. The lowest BCUT2D eigenvalue weighted by Crippen LogP contribution is -2.26. The minimum Gasteiger partial charge on any atom is -0.352 e. The number of rotatable bonds is 8. The predicted molar refractivity (Wildman–Crippen MR) is 82.0 cm³/mol. The van der Waals surface area contributed by atoms with Gasteiger partial charge in [-0.3, -0.25) is 4.79 Å². The molecule has 5 nitrogen and oxygen atoms in total. The van der Waals surface area contributed by atoms with Crippen molar-refractivity contribution in [2.24, 2.45) is 0 Å². The lowest BCUT2D eigenvalue weighted by molar-refractivity contribution is 0.0948. The molecule has 1 aromatic heterocycles. The van der Waals surface area contributed by atoms with Gasteiger partial charge in [-0.05, 0) is 32.8 Å². The van der Waals surface area contributed by atoms with Gasteiger partial charge in [0.1, 0.15) is 5.69 Å². The molecule has 2 N–H and O–H groups in total. The maximum absolute atomic E-state index is 12.0. The van der Waals surface area contributed by atoms with E-state index in [2.05, 4.69) is 41.4 Å². The highest BCUT2D eigenvalue weighted by Crippen LogP contribution is 2.07. The Morgan fingerprint density at radius 1 is 1.30 bits per heavy atom. The standard InChI is InChI=1S/C15H26N4O/c1-5-7-8-9-16-14(20)13-10-12(4)18-15(19-13)17-11(3)6-2/h10-11H,5-9H2,1-4H3,(H,16,20)(H,17,18,19). The first-order valence-electron chi connectivity index (χ1n) is 7.47. The SMILES string of the molecule is CCCCCNC(=O)c1cc(C)nc(NC(C)CC)n1. The molecule has 1 amide bonds. The number of nitrogens with zero attached hydrogens (tertiary/aromatic N) is 2. The summed E-state index contributed by atoms with van der Waals surface area (Å²) in [5.74, 6) is 0.400. The van der Waals surface area contributed by atoms with Crippen LogP contribution < -0.4 is 10.6 Å². The molecule has 1 unspecified atom stereocenters. The van der Waals surface area contributed by atoms with E-state index in [1.807, 2.05) is 6.92 Å². The quantitative estimate of drug-likeness (QED) is 0.717. The van der Waals surface area contributed by atoms with Crippen LogP contribution in [0.25, 0.3) is 0 Å². The first-order chi connectivity index (χ1) is 9.56. The van der Waals surface area contributed by atoms with Crippen LogP contribution in [0.5, 0.6) is 0 Å². The van der Waals surface area contributed by atoms with Gasteiger partial charge in [0.05, 0.1) is 0 Å². The van der Waals surface area contributed by atoms with Crippen LogP contribution in [0.15, 0.2) is 6.07 Å². The number of anilines is 1. The Balaban J connectivity index is 2.66. The molecule has 112 valence electrons. The van der Waals surface area contributed by atoms with Crippen molar-refractivity contribution >= 4 is 11.9 Å². The van der Waals surface area contributed by atoms with E-state index in [1.165, 1.54) is 0 Å². The minimum absolute atomic E-state index is 0.126. The third-order valence-electron chi connectivity index (χ3n) is 3.14. The topological polar surface area (TPSA) is 66.9 Å². The molecule has 0 spiro atoms. The van der Waals surface area contributed by atoms with Gasteiger partial charge in [0.2, 0.25) is 5.95 Å². The molecule has 20 heavy (non-hydrogen) atoms. The number of carbonyl (C=O) groups excluding carboxylic acids is 1. The van der Waals surface area contributed by atoms with E-state index in [0.29, 0.717) is 18.2 Å². The summed E-state index contributed by atoms with van der Waals surface area (Å²) in [7, 11) is 0. The molecule has 1 atom stereocenters. The predicted octanol–water partition coefficient (Wildman–Crippen LogP) is 2.92. The second-order valence-corrected chi connectivity index (χ2v) is 5.13. The molecule has 1 heterocycles. The van der Waals surface area contributed by atoms with Gasteiger partial charge in [-0.1, -0.05) is 26.7 Å². The van der Waals surface area contributed by atoms with Crippen molar-refractivity contribution in [2.45, 2.75) is 59.4 Å². The van der Waals surface area contributed by atoms with Crippen LogP contribution in [0.3, 0.4) is 0 Å². The molecule has 0 aliphatic carbocycles. The Bertz CT molecular complexity index is 434. The highest BCUT2D eigenvalue weighted by atomic mass is 16.1. The fraction of sp³-hybridized carbons (Fsp3) is 0.667. The second-order valence-electron chi connectivity index (χ2n) is 5.13. The van der Waals surface area contributed by atoms with Gasteiger partial charge >= 0.3 is 0 Å². The van der Waals surface area contributed by atoms with Crippen molar-refractivity contribution in [2.75, 3.05) is 11.9 Å². The van der Waals surface area contributed by atoms with E-state index in [9.17, 15) is 4.79 Å². The largest absolute Gasteiger partial charge is 0.352 e. The summed E-state index contributed by atoms with van der Waals surface area (Å²) in [6, 6.07) is 2.01. The highest BCUT2D eigenvalue weighted by molar-refractivity contribution is 5.92. The summed E-state index contributed by atoms with van der Waals surface area (Å²) >= 11 is 0. The van der Waals surface area contributed by atoms with E-state index >= 15 is 0 Å². The van der Waals surface area contributed by atoms with Crippen LogP contribution in [-0.4, -0.2) is 28.5 Å². The van der Waals surface area contributed by atoms with Crippen LogP contribution in [-0.2, 0) is 0 Å². The smallest absolute Gasteiger partial charge is 0.270 e. The Labute approximate surface area is 121 Å². The summed E-state index contributed by atoms with van der Waals surface area (Å²) in [6.07, 6.45) is 4.26. The van der Waals surface area contributed by atoms with Gasteiger partial charge in [-0.2, -0.15) is 0 Å². The maximum Gasteiger partial charge on any atom is 0.270 e. The number of aromatic nitrogens is 2. The van der Waals surface area contributed by atoms with Crippen molar-refractivity contribution in [1.29, 1.82) is 0 Å². The molecular weight excluding hydrogens is 252 g/mol. The number of hydrogen-bond acceptors (Lipinski definition) is 4. The molecule has 5 heteroatoms. The summed E-state index contributed by atoms with van der Waals surface area (Å²) in [6.45, 7) is 8.87. The van der Waals surface area contributed by atoms with Crippen molar-refractivity contribution in [3.8, 4) is 0 Å². The molecule has 0 fully saturated rings. The Morgan fingerprint density at radius 3 is 2.70 bits per heavy atom. The summed E-state index contributed by atoms with van der Waals surface area (Å²) in [5, 5.41) is 6.10. The van der Waals surface area contributed by atoms with E-state index in [1.54, 1.807) is 6.07 Å². The Hall–Kier alpha value is -1.65. The van der Waals surface area contributed by atoms with Crippen molar-refractivity contribution in [1.82, 2.24) is 15.3 Å². The van der Waals surface area contributed by atoms with Gasteiger partial charge < -0.3 is 10.6 Å². The zero-order valence-corrected chi connectivity index (χ0v) is 13.0. The average molecular weight is 278 g/mol. The molecule has 0 aromatic carbocycles. The van der Waals surface area contributed by atoms with Gasteiger partial charge in [-0.15, -0.1) is 0 Å². The van der Waals surface area contributed by atoms with Crippen molar-refractivity contribution in [3.63, 3.8) is 0 Å². The van der Waals surface area contributed by atoms with E-state index < -0.39 is 0 Å². The average Bonchev–Trinajstić information content (AvgIpc) is 2.42. The lowest BCUT2D eigenvalue weighted by atomic mass is 10.2. The second kappa shape index (κ2) is 8.51. The first kappa shape index (κ1) is 16.4.